The lowest BCUT2D eigenvalue weighted by Crippen LogP contribution is -2.33. The van der Waals surface area contributed by atoms with Gasteiger partial charge in [-0.1, -0.05) is 103 Å². The number of nitrogens with one attached hydrogen (secondary N) is 1. The van der Waals surface area contributed by atoms with E-state index >= 15 is 0 Å². The predicted octanol–water partition coefficient (Wildman–Crippen LogP) is 3.87. The summed E-state index contributed by atoms with van der Waals surface area (Å²) in [7, 11) is 2.06. The summed E-state index contributed by atoms with van der Waals surface area (Å²) in [6.07, 6.45) is 22.1. The number of carboxylic acids is 1. The molecule has 5 nitrogen and oxygen atoms in total. The Hall–Kier alpha value is -1.10. The lowest BCUT2D eigenvalue weighted by Gasteiger charge is -2.14. The molecule has 0 radical (unpaired) electrons. The van der Waals surface area contributed by atoms with Crippen LogP contribution in [0.1, 0.15) is 110 Å². The number of likely N-dealkylation sites (N-methyl/N-ethyl adjacent to an activating group) is 1. The first kappa shape index (κ1) is 27.9. The summed E-state index contributed by atoms with van der Waals surface area (Å²) in [6.45, 7) is 4.23. The highest BCUT2D eigenvalue weighted by Gasteiger charge is 2.07. The van der Waals surface area contributed by atoms with Crippen molar-refractivity contribution in [1.29, 1.82) is 0 Å². The maximum absolute atomic E-state index is 10.6. The maximum atomic E-state index is 10.6. The van der Waals surface area contributed by atoms with Gasteiger partial charge in [-0.3, -0.25) is 9.89 Å². The summed E-state index contributed by atoms with van der Waals surface area (Å²) >= 11 is 0. The Balaban J connectivity index is 0.00000110. The summed E-state index contributed by atoms with van der Waals surface area (Å²) in [5.74, 6) is -1.78. The summed E-state index contributed by atoms with van der Waals surface area (Å²) in [5.41, 5.74) is 0. The van der Waals surface area contributed by atoms with Crippen molar-refractivity contribution in [2.24, 2.45) is 5.92 Å². The summed E-state index contributed by atoms with van der Waals surface area (Å²) < 4.78 is 2.12. The van der Waals surface area contributed by atoms with Crippen LogP contribution in [0.3, 0.4) is 0 Å². The van der Waals surface area contributed by atoms with Gasteiger partial charge in [-0.2, -0.15) is 0 Å². The Morgan fingerprint density at radius 3 is 1.66 bits per heavy atom. The molecular formula is C24H48N2O3. The Labute approximate surface area is 180 Å². The van der Waals surface area contributed by atoms with E-state index in [-0.39, 0.29) is 6.61 Å². The molecule has 1 aliphatic rings. The van der Waals surface area contributed by atoms with E-state index in [2.05, 4.69) is 23.9 Å². The topological polar surface area (TPSA) is 75.4 Å². The molecule has 1 heterocycles. The van der Waals surface area contributed by atoms with Crippen LogP contribution in [-0.2, 0) is 4.79 Å². The summed E-state index contributed by atoms with van der Waals surface area (Å²) in [5, 5.41) is 22.6. The molecule has 0 fully saturated rings. The predicted molar refractivity (Wildman–Crippen MR) is 120 cm³/mol. The summed E-state index contributed by atoms with van der Waals surface area (Å²) in [6, 6.07) is 0. The molecule has 1 atom stereocenters. The minimum absolute atomic E-state index is 0.291. The first-order valence-electron chi connectivity index (χ1n) is 12.2. The van der Waals surface area contributed by atoms with E-state index in [1.165, 1.54) is 83.5 Å². The first-order chi connectivity index (χ1) is 14.1. The SMILES string of the molecule is CCCCCCCCCCCCCCCCCC(CO)C(=O)[O-].C[N+]1=CNCC1. The second kappa shape index (κ2) is 21.6. The molecule has 2 N–H and O–H groups in total. The number of rotatable bonds is 18. The van der Waals surface area contributed by atoms with Crippen LogP contribution in [0.5, 0.6) is 0 Å². The van der Waals surface area contributed by atoms with Crippen LogP contribution in [0.15, 0.2) is 0 Å². The molecule has 0 spiro atoms. The number of unbranched alkanes of at least 4 members (excludes halogenated alkanes) is 14. The molecule has 172 valence electrons. The van der Waals surface area contributed by atoms with Crippen LogP contribution < -0.4 is 10.4 Å². The Morgan fingerprint density at radius 2 is 1.38 bits per heavy atom. The molecule has 0 amide bonds. The second-order valence-corrected chi connectivity index (χ2v) is 8.50. The molecule has 0 aromatic heterocycles. The van der Waals surface area contributed by atoms with Crippen molar-refractivity contribution in [2.75, 3.05) is 26.7 Å². The first-order valence-corrected chi connectivity index (χ1v) is 12.2. The normalized spacial score (nSPS) is 14.0. The zero-order valence-electron chi connectivity index (χ0n) is 19.3. The fraction of sp³-hybridized carbons (Fsp3) is 0.917. The van der Waals surface area contributed by atoms with Crippen molar-refractivity contribution in [2.45, 2.75) is 110 Å². The largest absolute Gasteiger partial charge is 0.550 e. The fourth-order valence-corrected chi connectivity index (χ4v) is 3.57. The van der Waals surface area contributed by atoms with Gasteiger partial charge in [0.05, 0.1) is 13.7 Å². The average Bonchev–Trinajstić information content (AvgIpc) is 3.19. The van der Waals surface area contributed by atoms with Gasteiger partial charge < -0.3 is 15.0 Å². The van der Waals surface area contributed by atoms with Gasteiger partial charge in [0, 0.05) is 11.9 Å². The van der Waals surface area contributed by atoms with E-state index in [0.29, 0.717) is 6.42 Å². The zero-order valence-corrected chi connectivity index (χ0v) is 19.3. The number of nitrogens with zero attached hydrogens (tertiary/aromatic N) is 1. The lowest BCUT2D eigenvalue weighted by molar-refractivity contribution is -0.481. The number of carbonyl (C=O) groups excluding carboxylic acids is 1. The standard InChI is InChI=1S/C20H40O3.C4H8N2/c1-2-3-4-5-6-7-8-9-10-11-12-13-14-15-16-17-19(18-21)20(22)23;1-6-3-2-5-4-6/h19,21H,2-18H2,1H3,(H,22,23);4H,2-3H2,1H3. The van der Waals surface area contributed by atoms with Crippen molar-refractivity contribution in [3.05, 3.63) is 0 Å². The average molecular weight is 413 g/mol. The molecule has 0 saturated heterocycles. The van der Waals surface area contributed by atoms with E-state index in [9.17, 15) is 9.90 Å². The number of aliphatic hydroxyl groups is 1. The van der Waals surface area contributed by atoms with E-state index in [4.69, 9.17) is 5.11 Å². The summed E-state index contributed by atoms with van der Waals surface area (Å²) in [4.78, 5) is 10.6. The number of hydrogen-bond donors (Lipinski definition) is 2. The monoisotopic (exact) mass is 412 g/mol. The van der Waals surface area contributed by atoms with Gasteiger partial charge in [0.1, 0.15) is 13.1 Å². The van der Waals surface area contributed by atoms with Crippen molar-refractivity contribution in [1.82, 2.24) is 5.32 Å². The van der Waals surface area contributed by atoms with Crippen LogP contribution in [0.25, 0.3) is 0 Å². The molecule has 0 bridgehead atoms. The highest BCUT2D eigenvalue weighted by atomic mass is 16.4. The van der Waals surface area contributed by atoms with Crippen LogP contribution in [0, 0.1) is 5.92 Å². The molecule has 29 heavy (non-hydrogen) atoms. The molecule has 0 aromatic carbocycles. The molecule has 1 rings (SSSR count). The smallest absolute Gasteiger partial charge is 0.232 e. The molecule has 5 heteroatoms. The Morgan fingerprint density at radius 1 is 0.931 bits per heavy atom. The van der Waals surface area contributed by atoms with Crippen molar-refractivity contribution in [3.8, 4) is 0 Å². The van der Waals surface area contributed by atoms with E-state index in [1.54, 1.807) is 0 Å². The highest BCUT2D eigenvalue weighted by molar-refractivity contribution is 5.67. The lowest BCUT2D eigenvalue weighted by atomic mass is 10.0. The van der Waals surface area contributed by atoms with Gasteiger partial charge in [0.15, 0.2) is 0 Å². The van der Waals surface area contributed by atoms with Gasteiger partial charge in [0.2, 0.25) is 6.34 Å². The Kier molecular flexibility index (Phi) is 20.8. The van der Waals surface area contributed by atoms with Gasteiger partial charge in [0.25, 0.3) is 0 Å². The number of hydrogen-bond acceptors (Lipinski definition) is 4. The molecule has 0 saturated carbocycles. The third-order valence-corrected chi connectivity index (χ3v) is 5.63. The highest BCUT2D eigenvalue weighted by Crippen LogP contribution is 2.15. The number of aliphatic carboxylic acids is 1. The maximum Gasteiger partial charge on any atom is 0.232 e. The number of carbonyl (C=O) groups is 1. The third-order valence-electron chi connectivity index (χ3n) is 5.63. The van der Waals surface area contributed by atoms with Crippen LogP contribution in [0.2, 0.25) is 0 Å². The van der Waals surface area contributed by atoms with Crippen molar-refractivity contribution < 1.29 is 19.6 Å². The van der Waals surface area contributed by atoms with Crippen molar-refractivity contribution in [3.63, 3.8) is 0 Å². The number of carboxylic acid groups (broad SMARTS) is 1. The zero-order chi connectivity index (χ0) is 21.6. The molecular weight excluding hydrogens is 364 g/mol. The molecule has 0 aliphatic carbocycles. The minimum Gasteiger partial charge on any atom is -0.550 e. The van der Waals surface area contributed by atoms with Gasteiger partial charge in [-0.15, -0.1) is 0 Å². The molecule has 1 aliphatic heterocycles. The third kappa shape index (κ3) is 20.0. The quantitative estimate of drug-likeness (QED) is 0.265. The second-order valence-electron chi connectivity index (χ2n) is 8.50. The molecule has 1 unspecified atom stereocenters. The molecule has 0 aromatic rings. The van der Waals surface area contributed by atoms with Crippen LogP contribution in [0.4, 0.5) is 0 Å². The van der Waals surface area contributed by atoms with Crippen LogP contribution in [-0.4, -0.2) is 48.7 Å². The van der Waals surface area contributed by atoms with Gasteiger partial charge in [-0.25, -0.2) is 0 Å². The van der Waals surface area contributed by atoms with E-state index in [1.807, 2.05) is 6.34 Å². The fourth-order valence-electron chi connectivity index (χ4n) is 3.57. The van der Waals surface area contributed by atoms with Gasteiger partial charge >= 0.3 is 0 Å². The minimum atomic E-state index is -1.11. The van der Waals surface area contributed by atoms with Gasteiger partial charge in [-0.05, 0) is 6.42 Å². The van der Waals surface area contributed by atoms with E-state index in [0.717, 1.165) is 25.9 Å². The number of aliphatic hydroxyl groups excluding tert-OH is 1. The van der Waals surface area contributed by atoms with Crippen molar-refractivity contribution >= 4 is 12.3 Å². The van der Waals surface area contributed by atoms with E-state index < -0.39 is 11.9 Å². The van der Waals surface area contributed by atoms with Crippen LogP contribution >= 0.6 is 0 Å². The Bertz CT molecular complexity index is 400.